The van der Waals surface area contributed by atoms with Crippen LogP contribution in [-0.2, 0) is 16.1 Å². The third kappa shape index (κ3) is 5.73. The first-order valence-corrected chi connectivity index (χ1v) is 8.26. The van der Waals surface area contributed by atoms with Gasteiger partial charge in [0.2, 0.25) is 0 Å². The molecule has 0 spiro atoms. The van der Waals surface area contributed by atoms with E-state index in [2.05, 4.69) is 5.32 Å². The Morgan fingerprint density at radius 3 is 2.35 bits per heavy atom. The van der Waals surface area contributed by atoms with Gasteiger partial charge in [-0.2, -0.15) is 0 Å². The van der Waals surface area contributed by atoms with E-state index in [4.69, 9.17) is 4.74 Å². The smallest absolute Gasteiger partial charge is 0.408 e. The van der Waals surface area contributed by atoms with Crippen LogP contribution >= 0.6 is 0 Å². The van der Waals surface area contributed by atoms with Gasteiger partial charge in [-0.3, -0.25) is 4.79 Å². The number of aliphatic carboxylic acids is 1. The number of Topliss-reactive ketones (excluding diaryl/α,β-unsaturated/α-hetero) is 1. The molecule has 2 aromatic carbocycles. The van der Waals surface area contributed by atoms with E-state index in [-0.39, 0.29) is 25.2 Å². The van der Waals surface area contributed by atoms with Crippen LogP contribution in [0.15, 0.2) is 54.6 Å². The molecule has 1 atom stereocenters. The molecular weight excluding hydrogens is 334 g/mol. The molecule has 0 aromatic heterocycles. The lowest BCUT2D eigenvalue weighted by Gasteiger charge is -2.14. The molecule has 2 N–H and O–H groups in total. The van der Waals surface area contributed by atoms with E-state index in [0.29, 0.717) is 5.56 Å². The first kappa shape index (κ1) is 19.2. The quantitative estimate of drug-likeness (QED) is 0.709. The van der Waals surface area contributed by atoms with Crippen molar-refractivity contribution in [1.29, 1.82) is 0 Å². The Kier molecular flexibility index (Phi) is 6.91. The van der Waals surface area contributed by atoms with E-state index >= 15 is 0 Å². The van der Waals surface area contributed by atoms with Crippen LogP contribution < -0.4 is 5.32 Å². The number of aryl methyl sites for hydroxylation is 1. The molecule has 0 aliphatic carbocycles. The predicted molar refractivity (Wildman–Crippen MR) is 95.9 cm³/mol. The van der Waals surface area contributed by atoms with Gasteiger partial charge in [0.05, 0.1) is 0 Å². The number of carboxylic acid groups (broad SMARTS) is 1. The highest BCUT2D eigenvalue weighted by atomic mass is 16.5. The van der Waals surface area contributed by atoms with Crippen LogP contribution in [-0.4, -0.2) is 29.0 Å². The second-order valence-corrected chi connectivity index (χ2v) is 5.87. The van der Waals surface area contributed by atoms with Gasteiger partial charge in [-0.1, -0.05) is 54.6 Å². The number of carbonyl (C=O) groups excluding carboxylic acids is 2. The van der Waals surface area contributed by atoms with Gasteiger partial charge in [-0.15, -0.1) is 0 Å². The minimum atomic E-state index is -1.21. The summed E-state index contributed by atoms with van der Waals surface area (Å²) in [5.41, 5.74) is 2.19. The Morgan fingerprint density at radius 2 is 1.69 bits per heavy atom. The van der Waals surface area contributed by atoms with Crippen LogP contribution in [0.4, 0.5) is 4.79 Å². The predicted octanol–water partition coefficient (Wildman–Crippen LogP) is 3.34. The van der Waals surface area contributed by atoms with Gasteiger partial charge in [0.1, 0.15) is 12.6 Å². The maximum Gasteiger partial charge on any atom is 0.408 e. The Balaban J connectivity index is 1.86. The standard InChI is InChI=1S/C20H21NO5/c1-14-7-5-6-10-16(14)18(22)12-11-17(19(23)24)21-20(25)26-13-15-8-3-2-4-9-15/h2-10,17H,11-13H2,1H3,(H,21,25)(H,23,24). The van der Waals surface area contributed by atoms with E-state index in [0.717, 1.165) is 11.1 Å². The first-order valence-electron chi connectivity index (χ1n) is 8.26. The second-order valence-electron chi connectivity index (χ2n) is 5.87. The average molecular weight is 355 g/mol. The third-order valence-electron chi connectivity index (χ3n) is 3.91. The number of ether oxygens (including phenoxy) is 1. The van der Waals surface area contributed by atoms with Gasteiger partial charge < -0.3 is 15.2 Å². The number of rotatable bonds is 8. The van der Waals surface area contributed by atoms with Gasteiger partial charge in [-0.25, -0.2) is 9.59 Å². The van der Waals surface area contributed by atoms with Crippen LogP contribution in [0, 0.1) is 6.92 Å². The maximum atomic E-state index is 12.3. The molecule has 1 unspecified atom stereocenters. The summed E-state index contributed by atoms with van der Waals surface area (Å²) < 4.78 is 5.02. The second kappa shape index (κ2) is 9.36. The lowest BCUT2D eigenvalue weighted by Crippen LogP contribution is -2.41. The summed E-state index contributed by atoms with van der Waals surface area (Å²) in [7, 11) is 0. The van der Waals surface area contributed by atoms with Crippen LogP contribution in [0.25, 0.3) is 0 Å². The van der Waals surface area contributed by atoms with E-state index in [1.165, 1.54) is 0 Å². The molecule has 0 bridgehead atoms. The van der Waals surface area contributed by atoms with E-state index in [1.807, 2.05) is 37.3 Å². The van der Waals surface area contributed by atoms with Crippen molar-refractivity contribution in [3.63, 3.8) is 0 Å². The third-order valence-corrected chi connectivity index (χ3v) is 3.91. The number of nitrogens with one attached hydrogen (secondary N) is 1. The molecule has 0 saturated heterocycles. The van der Waals surface area contributed by atoms with Gasteiger partial charge in [0, 0.05) is 12.0 Å². The van der Waals surface area contributed by atoms with Crippen molar-refractivity contribution >= 4 is 17.8 Å². The monoisotopic (exact) mass is 355 g/mol. The highest BCUT2D eigenvalue weighted by Crippen LogP contribution is 2.12. The molecule has 6 nitrogen and oxygen atoms in total. The topological polar surface area (TPSA) is 92.7 Å². The molecule has 0 fully saturated rings. The number of ketones is 1. The number of alkyl carbamates (subject to hydrolysis) is 1. The Morgan fingerprint density at radius 1 is 1.04 bits per heavy atom. The van der Waals surface area contributed by atoms with Gasteiger partial charge in [-0.05, 0) is 24.5 Å². The minimum absolute atomic E-state index is 0.0110. The minimum Gasteiger partial charge on any atom is -0.480 e. The van der Waals surface area contributed by atoms with Crippen LogP contribution in [0.2, 0.25) is 0 Å². The van der Waals surface area contributed by atoms with Crippen LogP contribution in [0.3, 0.4) is 0 Å². The number of hydrogen-bond acceptors (Lipinski definition) is 4. The summed E-state index contributed by atoms with van der Waals surface area (Å²) in [5.74, 6) is -1.37. The Labute approximate surface area is 151 Å². The normalized spacial score (nSPS) is 11.4. The number of carbonyl (C=O) groups is 3. The first-order chi connectivity index (χ1) is 12.5. The summed E-state index contributed by atoms with van der Waals surface area (Å²) in [6.07, 6.45) is -0.825. The number of benzene rings is 2. The fourth-order valence-corrected chi connectivity index (χ4v) is 2.46. The van der Waals surface area contributed by atoms with Crippen LogP contribution in [0.1, 0.15) is 34.3 Å². The van der Waals surface area contributed by atoms with Crippen LogP contribution in [0.5, 0.6) is 0 Å². The molecular formula is C20H21NO5. The molecule has 136 valence electrons. The number of amides is 1. The molecule has 26 heavy (non-hydrogen) atoms. The average Bonchev–Trinajstić information content (AvgIpc) is 2.64. The largest absolute Gasteiger partial charge is 0.480 e. The number of carboxylic acids is 1. The van der Waals surface area contributed by atoms with Gasteiger partial charge >= 0.3 is 12.1 Å². The molecule has 1 amide bonds. The summed E-state index contributed by atoms with van der Waals surface area (Å²) in [5, 5.41) is 11.6. The van der Waals surface area contributed by atoms with Crippen molar-refractivity contribution in [2.75, 3.05) is 0 Å². The lowest BCUT2D eigenvalue weighted by molar-refractivity contribution is -0.139. The van der Waals surface area contributed by atoms with Crippen molar-refractivity contribution in [3.8, 4) is 0 Å². The molecule has 2 aromatic rings. The van der Waals surface area contributed by atoms with Crippen molar-refractivity contribution in [2.45, 2.75) is 32.4 Å². The summed E-state index contributed by atoms with van der Waals surface area (Å²) >= 11 is 0. The highest BCUT2D eigenvalue weighted by molar-refractivity contribution is 5.97. The molecule has 0 aliphatic rings. The molecule has 0 aliphatic heterocycles. The summed E-state index contributed by atoms with van der Waals surface area (Å²) in [4.78, 5) is 35.4. The van der Waals surface area contributed by atoms with Crippen molar-refractivity contribution in [3.05, 3.63) is 71.3 Å². The number of hydrogen-bond donors (Lipinski definition) is 2. The Hall–Kier alpha value is -3.15. The summed E-state index contributed by atoms with van der Waals surface area (Å²) in [6.45, 7) is 1.86. The lowest BCUT2D eigenvalue weighted by atomic mass is 9.99. The van der Waals surface area contributed by atoms with Gasteiger partial charge in [0.25, 0.3) is 0 Å². The molecule has 0 heterocycles. The van der Waals surface area contributed by atoms with E-state index in [1.54, 1.807) is 24.3 Å². The van der Waals surface area contributed by atoms with Gasteiger partial charge in [0.15, 0.2) is 5.78 Å². The van der Waals surface area contributed by atoms with Crippen molar-refractivity contribution in [2.24, 2.45) is 0 Å². The zero-order valence-corrected chi connectivity index (χ0v) is 14.5. The van der Waals surface area contributed by atoms with E-state index < -0.39 is 18.1 Å². The van der Waals surface area contributed by atoms with Crippen molar-refractivity contribution < 1.29 is 24.2 Å². The zero-order chi connectivity index (χ0) is 18.9. The molecule has 0 radical (unpaired) electrons. The summed E-state index contributed by atoms with van der Waals surface area (Å²) in [6, 6.07) is 15.0. The SMILES string of the molecule is Cc1ccccc1C(=O)CCC(NC(=O)OCc1ccccc1)C(=O)O. The fraction of sp³-hybridized carbons (Fsp3) is 0.250. The van der Waals surface area contributed by atoms with E-state index in [9.17, 15) is 19.5 Å². The fourth-order valence-electron chi connectivity index (χ4n) is 2.46. The maximum absolute atomic E-state index is 12.3. The highest BCUT2D eigenvalue weighted by Gasteiger charge is 2.22. The molecule has 6 heteroatoms. The Bertz CT molecular complexity index is 773. The molecule has 0 saturated carbocycles. The van der Waals surface area contributed by atoms with Crippen molar-refractivity contribution in [1.82, 2.24) is 5.32 Å². The molecule has 2 rings (SSSR count). The zero-order valence-electron chi connectivity index (χ0n) is 14.5.